The Labute approximate surface area is 180 Å². The van der Waals surface area contributed by atoms with E-state index in [1.165, 1.54) is 17.4 Å². The Hall–Kier alpha value is -1.77. The van der Waals surface area contributed by atoms with E-state index in [9.17, 15) is 13.2 Å². The van der Waals surface area contributed by atoms with Crippen LogP contribution in [0.3, 0.4) is 0 Å². The molecule has 3 rings (SSSR count). The zero-order chi connectivity index (χ0) is 21.2. The number of benzene rings is 1. The lowest BCUT2D eigenvalue weighted by Gasteiger charge is -2.17. The lowest BCUT2D eigenvalue weighted by molar-refractivity contribution is -0.0323. The second kappa shape index (κ2) is 8.53. The van der Waals surface area contributed by atoms with E-state index in [0.717, 1.165) is 22.7 Å². The van der Waals surface area contributed by atoms with Crippen LogP contribution in [0.4, 0.5) is 18.9 Å². The molecule has 0 amide bonds. The lowest BCUT2D eigenvalue weighted by Crippen LogP contribution is -2.10. The van der Waals surface area contributed by atoms with Crippen molar-refractivity contribution in [1.29, 1.82) is 0 Å². The number of alkyl halides is 3. The van der Waals surface area contributed by atoms with Gasteiger partial charge in [-0.05, 0) is 42.2 Å². The molecule has 0 spiro atoms. The predicted octanol–water partition coefficient (Wildman–Crippen LogP) is 7.69. The van der Waals surface area contributed by atoms with Gasteiger partial charge in [-0.2, -0.15) is 13.2 Å². The maximum Gasteiger partial charge on any atom is 0.461 e. The Morgan fingerprint density at radius 3 is 2.55 bits per heavy atom. The number of halogens is 4. The van der Waals surface area contributed by atoms with Crippen molar-refractivity contribution in [3.8, 4) is 21.8 Å². The highest BCUT2D eigenvalue weighted by atomic mass is 35.5. The van der Waals surface area contributed by atoms with Crippen LogP contribution in [-0.4, -0.2) is 15.5 Å². The zero-order valence-corrected chi connectivity index (χ0v) is 18.4. The zero-order valence-electron chi connectivity index (χ0n) is 16.0. The van der Waals surface area contributed by atoms with E-state index in [2.05, 4.69) is 35.5 Å². The predicted molar refractivity (Wildman–Crippen MR) is 116 cm³/mol. The van der Waals surface area contributed by atoms with E-state index in [1.54, 1.807) is 18.3 Å². The van der Waals surface area contributed by atoms with Crippen LogP contribution < -0.4 is 4.72 Å². The SMILES string of the molecule is CC(C)(C)Cc1cc(-c2nc(-c3ccc(NSC(F)(F)F)cc3Cl)cs2)ccn1. The molecule has 1 N–H and O–H groups in total. The molecule has 0 aliphatic heterocycles. The number of thiazole rings is 1. The summed E-state index contributed by atoms with van der Waals surface area (Å²) in [5.74, 6) is 0. The molecule has 154 valence electrons. The molecule has 9 heteroatoms. The van der Waals surface area contributed by atoms with E-state index in [1.807, 2.05) is 17.5 Å². The first-order valence-electron chi connectivity index (χ1n) is 8.72. The third-order valence-electron chi connectivity index (χ3n) is 3.81. The highest BCUT2D eigenvalue weighted by Gasteiger charge is 2.29. The molecule has 0 unspecified atom stereocenters. The van der Waals surface area contributed by atoms with Crippen LogP contribution in [0.2, 0.25) is 5.02 Å². The fraction of sp³-hybridized carbons (Fsp3) is 0.300. The highest BCUT2D eigenvalue weighted by Crippen LogP contribution is 2.36. The first-order valence-corrected chi connectivity index (χ1v) is 10.8. The van der Waals surface area contributed by atoms with Gasteiger partial charge >= 0.3 is 5.51 Å². The van der Waals surface area contributed by atoms with E-state index in [0.29, 0.717) is 16.3 Å². The smallest absolute Gasteiger partial charge is 0.323 e. The minimum atomic E-state index is -4.37. The third-order valence-corrected chi connectivity index (χ3v) is 5.58. The molecule has 0 aliphatic carbocycles. The summed E-state index contributed by atoms with van der Waals surface area (Å²) < 4.78 is 39.2. The van der Waals surface area contributed by atoms with Gasteiger partial charge in [0.15, 0.2) is 0 Å². The standard InChI is InChI=1S/C20H19ClF3N3S2/c1-19(2,3)10-14-8-12(6-7-25-14)18-26-17(11-28-18)15-5-4-13(9-16(15)21)27-29-20(22,23)24/h4-9,11,27H,10H2,1-3H3. The summed E-state index contributed by atoms with van der Waals surface area (Å²) in [6.45, 7) is 6.49. The van der Waals surface area contributed by atoms with Gasteiger partial charge in [0.1, 0.15) is 5.01 Å². The lowest BCUT2D eigenvalue weighted by atomic mass is 9.90. The molecule has 2 aromatic heterocycles. The summed E-state index contributed by atoms with van der Waals surface area (Å²) in [4.78, 5) is 9.11. The van der Waals surface area contributed by atoms with E-state index < -0.39 is 5.51 Å². The van der Waals surface area contributed by atoms with Crippen molar-refractivity contribution in [1.82, 2.24) is 9.97 Å². The van der Waals surface area contributed by atoms with Gasteiger partial charge in [-0.3, -0.25) is 4.98 Å². The highest BCUT2D eigenvalue weighted by molar-refractivity contribution is 8.01. The van der Waals surface area contributed by atoms with Gasteiger partial charge in [-0.1, -0.05) is 32.4 Å². The van der Waals surface area contributed by atoms with Crippen molar-refractivity contribution in [3.63, 3.8) is 0 Å². The Kier molecular flexibility index (Phi) is 6.45. The van der Waals surface area contributed by atoms with Crippen molar-refractivity contribution in [2.75, 3.05) is 4.72 Å². The topological polar surface area (TPSA) is 37.8 Å². The third kappa shape index (κ3) is 6.35. The van der Waals surface area contributed by atoms with Crippen molar-refractivity contribution >= 4 is 40.6 Å². The second-order valence-electron chi connectivity index (χ2n) is 7.66. The van der Waals surface area contributed by atoms with E-state index in [4.69, 9.17) is 11.6 Å². The van der Waals surface area contributed by atoms with Crippen LogP contribution in [0.5, 0.6) is 0 Å². The number of pyridine rings is 1. The molecule has 3 aromatic rings. The summed E-state index contributed by atoms with van der Waals surface area (Å²) in [6.07, 6.45) is 2.64. The maximum atomic E-state index is 12.3. The molecule has 0 saturated heterocycles. The van der Waals surface area contributed by atoms with Crippen LogP contribution in [0.25, 0.3) is 21.8 Å². The molecule has 3 nitrogen and oxygen atoms in total. The minimum Gasteiger partial charge on any atom is -0.323 e. The summed E-state index contributed by atoms with van der Waals surface area (Å²) in [5.41, 5.74) is -0.634. The van der Waals surface area contributed by atoms with Crippen molar-refractivity contribution in [2.24, 2.45) is 5.41 Å². The van der Waals surface area contributed by atoms with Gasteiger partial charge in [0.05, 0.1) is 22.7 Å². The monoisotopic (exact) mass is 457 g/mol. The summed E-state index contributed by atoms with van der Waals surface area (Å²) >= 11 is 7.45. The molecular weight excluding hydrogens is 439 g/mol. The van der Waals surface area contributed by atoms with Gasteiger partial charge in [-0.15, -0.1) is 11.3 Å². The molecule has 2 heterocycles. The summed E-state index contributed by atoms with van der Waals surface area (Å²) in [5, 5.41) is 3.05. The molecule has 29 heavy (non-hydrogen) atoms. The van der Waals surface area contributed by atoms with Crippen LogP contribution in [-0.2, 0) is 6.42 Å². The van der Waals surface area contributed by atoms with E-state index >= 15 is 0 Å². The van der Waals surface area contributed by atoms with Crippen LogP contribution in [0.15, 0.2) is 41.9 Å². The quantitative estimate of drug-likeness (QED) is 0.398. The number of anilines is 1. The number of hydrogen-bond donors (Lipinski definition) is 1. The average molecular weight is 458 g/mol. The molecule has 1 aromatic carbocycles. The minimum absolute atomic E-state index is 0.132. The molecule has 0 fully saturated rings. The van der Waals surface area contributed by atoms with Gasteiger partial charge in [0, 0.05) is 34.1 Å². The molecule has 0 aliphatic rings. The normalized spacial score (nSPS) is 12.2. The van der Waals surface area contributed by atoms with Gasteiger partial charge in [0.25, 0.3) is 0 Å². The number of rotatable bonds is 5. The molecular formula is C20H19ClF3N3S2. The average Bonchev–Trinajstić information content (AvgIpc) is 3.08. The first-order chi connectivity index (χ1) is 13.5. The van der Waals surface area contributed by atoms with Crippen molar-refractivity contribution in [3.05, 3.63) is 52.6 Å². The van der Waals surface area contributed by atoms with Gasteiger partial charge in [0.2, 0.25) is 0 Å². The van der Waals surface area contributed by atoms with Crippen LogP contribution in [0.1, 0.15) is 26.5 Å². The maximum absolute atomic E-state index is 12.3. The first kappa shape index (κ1) is 21.9. The van der Waals surface area contributed by atoms with Crippen molar-refractivity contribution in [2.45, 2.75) is 32.7 Å². The van der Waals surface area contributed by atoms with E-state index in [-0.39, 0.29) is 23.1 Å². The van der Waals surface area contributed by atoms with Crippen LogP contribution in [0, 0.1) is 5.41 Å². The molecule has 0 bridgehead atoms. The Balaban J connectivity index is 1.81. The number of aromatic nitrogens is 2. The Morgan fingerprint density at radius 1 is 1.14 bits per heavy atom. The van der Waals surface area contributed by atoms with Crippen molar-refractivity contribution < 1.29 is 13.2 Å². The van der Waals surface area contributed by atoms with Gasteiger partial charge in [-0.25, -0.2) is 4.98 Å². The molecule has 0 saturated carbocycles. The van der Waals surface area contributed by atoms with Crippen LogP contribution >= 0.6 is 34.9 Å². The second-order valence-corrected chi connectivity index (χ2v) is 9.79. The van der Waals surface area contributed by atoms with Gasteiger partial charge < -0.3 is 4.72 Å². The molecule has 0 atom stereocenters. The fourth-order valence-corrected chi connectivity index (χ4v) is 4.14. The largest absolute Gasteiger partial charge is 0.461 e. The summed E-state index contributed by atoms with van der Waals surface area (Å²) in [7, 11) is 0. The summed E-state index contributed by atoms with van der Waals surface area (Å²) in [6, 6.07) is 8.63. The molecule has 0 radical (unpaired) electrons. The Bertz CT molecular complexity index is 997. The number of nitrogens with one attached hydrogen (secondary N) is 1. The number of hydrogen-bond acceptors (Lipinski definition) is 5. The Morgan fingerprint density at radius 2 is 1.90 bits per heavy atom. The fourth-order valence-electron chi connectivity index (χ4n) is 2.68. The number of nitrogens with zero attached hydrogens (tertiary/aromatic N) is 2.